The Hall–Kier alpha value is -1.19. The predicted molar refractivity (Wildman–Crippen MR) is 81.3 cm³/mol. The quantitative estimate of drug-likeness (QED) is 0.786. The van der Waals surface area contributed by atoms with Crippen molar-refractivity contribution >= 4 is 5.78 Å². The first kappa shape index (κ1) is 13.8. The van der Waals surface area contributed by atoms with Crippen LogP contribution in [0.15, 0.2) is 18.2 Å². The van der Waals surface area contributed by atoms with Crippen LogP contribution in [0, 0.1) is 13.8 Å². The summed E-state index contributed by atoms with van der Waals surface area (Å²) in [7, 11) is 0. The Morgan fingerprint density at radius 2 is 1.85 bits per heavy atom. The molecule has 1 aromatic rings. The van der Waals surface area contributed by atoms with E-state index in [1.165, 1.54) is 12.8 Å². The van der Waals surface area contributed by atoms with E-state index in [1.54, 1.807) is 0 Å². The van der Waals surface area contributed by atoms with Crippen LogP contribution in [0.3, 0.4) is 0 Å². The Morgan fingerprint density at radius 3 is 2.50 bits per heavy atom. The van der Waals surface area contributed by atoms with Crippen molar-refractivity contribution in [1.29, 1.82) is 0 Å². The minimum absolute atomic E-state index is 0.270. The van der Waals surface area contributed by atoms with Crippen molar-refractivity contribution in [3.63, 3.8) is 0 Å². The highest BCUT2D eigenvalue weighted by Gasteiger charge is 2.31. The molecule has 2 aliphatic rings. The van der Waals surface area contributed by atoms with E-state index in [-0.39, 0.29) is 5.78 Å². The third kappa shape index (κ3) is 3.10. The fourth-order valence-electron chi connectivity index (χ4n) is 3.05. The third-order valence-corrected chi connectivity index (χ3v) is 4.53. The van der Waals surface area contributed by atoms with Gasteiger partial charge in [0.25, 0.3) is 0 Å². The van der Waals surface area contributed by atoms with Gasteiger partial charge >= 0.3 is 0 Å². The summed E-state index contributed by atoms with van der Waals surface area (Å²) in [6, 6.07) is 7.00. The maximum absolute atomic E-state index is 12.5. The summed E-state index contributed by atoms with van der Waals surface area (Å²) in [6.07, 6.45) is 2.75. The number of nitrogens with zero attached hydrogens (tertiary/aromatic N) is 2. The van der Waals surface area contributed by atoms with Gasteiger partial charge in [-0.3, -0.25) is 14.6 Å². The van der Waals surface area contributed by atoms with Gasteiger partial charge in [0, 0.05) is 37.8 Å². The van der Waals surface area contributed by atoms with Crippen molar-refractivity contribution in [3.8, 4) is 0 Å². The zero-order chi connectivity index (χ0) is 14.1. The summed E-state index contributed by atoms with van der Waals surface area (Å²) in [5.41, 5.74) is 3.16. The van der Waals surface area contributed by atoms with Crippen LogP contribution in [-0.2, 0) is 0 Å². The first-order chi connectivity index (χ1) is 9.63. The number of carbonyl (C=O) groups is 1. The molecule has 0 atom stereocenters. The maximum Gasteiger partial charge on any atom is 0.177 e. The third-order valence-electron chi connectivity index (χ3n) is 4.53. The van der Waals surface area contributed by atoms with E-state index in [9.17, 15) is 4.79 Å². The molecular formula is C17H24N2O. The molecule has 0 radical (unpaired) electrons. The van der Waals surface area contributed by atoms with Crippen LogP contribution in [0.4, 0.5) is 0 Å². The molecular weight excluding hydrogens is 248 g/mol. The SMILES string of the molecule is Cc1ccc(C)c(C(=O)CN2CCN(C3CC3)CC2)c1. The molecule has 1 heterocycles. The average Bonchev–Trinajstić information content (AvgIpc) is 3.27. The Morgan fingerprint density at radius 1 is 1.15 bits per heavy atom. The fraction of sp³-hybridized carbons (Fsp3) is 0.588. The molecule has 3 nitrogen and oxygen atoms in total. The Bertz CT molecular complexity index is 500. The lowest BCUT2D eigenvalue weighted by Crippen LogP contribution is -2.48. The van der Waals surface area contributed by atoms with Gasteiger partial charge in [-0.05, 0) is 38.3 Å². The van der Waals surface area contributed by atoms with E-state index < -0.39 is 0 Å². The van der Waals surface area contributed by atoms with Gasteiger partial charge in [0.2, 0.25) is 0 Å². The van der Waals surface area contributed by atoms with Gasteiger partial charge in [0.15, 0.2) is 5.78 Å². The molecule has 3 heteroatoms. The van der Waals surface area contributed by atoms with E-state index in [0.29, 0.717) is 6.54 Å². The van der Waals surface area contributed by atoms with E-state index in [0.717, 1.165) is 48.9 Å². The van der Waals surface area contributed by atoms with E-state index in [1.807, 2.05) is 26.0 Å². The number of hydrogen-bond acceptors (Lipinski definition) is 3. The summed E-state index contributed by atoms with van der Waals surface area (Å²) in [5.74, 6) is 0.270. The second kappa shape index (κ2) is 5.66. The van der Waals surface area contributed by atoms with E-state index >= 15 is 0 Å². The Kier molecular flexibility index (Phi) is 3.90. The van der Waals surface area contributed by atoms with Crippen LogP contribution in [-0.4, -0.2) is 54.3 Å². The van der Waals surface area contributed by atoms with Crippen molar-refractivity contribution in [1.82, 2.24) is 9.80 Å². The molecule has 20 heavy (non-hydrogen) atoms. The second-order valence-corrected chi connectivity index (χ2v) is 6.28. The van der Waals surface area contributed by atoms with Crippen LogP contribution in [0.2, 0.25) is 0 Å². The molecule has 0 bridgehead atoms. The second-order valence-electron chi connectivity index (χ2n) is 6.28. The van der Waals surface area contributed by atoms with Gasteiger partial charge in [0.05, 0.1) is 6.54 Å². The van der Waals surface area contributed by atoms with Crippen molar-refractivity contribution in [2.24, 2.45) is 0 Å². The predicted octanol–water partition coefficient (Wildman–Crippen LogP) is 2.27. The van der Waals surface area contributed by atoms with Gasteiger partial charge in [-0.2, -0.15) is 0 Å². The number of benzene rings is 1. The molecule has 108 valence electrons. The van der Waals surface area contributed by atoms with Crippen LogP contribution in [0.25, 0.3) is 0 Å². The minimum atomic E-state index is 0.270. The smallest absolute Gasteiger partial charge is 0.177 e. The van der Waals surface area contributed by atoms with Crippen molar-refractivity contribution in [2.75, 3.05) is 32.7 Å². The zero-order valence-corrected chi connectivity index (χ0v) is 12.6. The van der Waals surface area contributed by atoms with E-state index in [2.05, 4.69) is 15.9 Å². The molecule has 1 aliphatic carbocycles. The van der Waals surface area contributed by atoms with Crippen LogP contribution >= 0.6 is 0 Å². The first-order valence-electron chi connectivity index (χ1n) is 7.70. The lowest BCUT2D eigenvalue weighted by molar-refractivity contribution is 0.0843. The number of hydrogen-bond donors (Lipinski definition) is 0. The highest BCUT2D eigenvalue weighted by atomic mass is 16.1. The number of carbonyl (C=O) groups excluding carboxylic acids is 1. The van der Waals surface area contributed by atoms with Crippen molar-refractivity contribution in [3.05, 3.63) is 34.9 Å². The van der Waals surface area contributed by atoms with Crippen molar-refractivity contribution < 1.29 is 4.79 Å². The average molecular weight is 272 g/mol. The lowest BCUT2D eigenvalue weighted by Gasteiger charge is -2.34. The van der Waals surface area contributed by atoms with Gasteiger partial charge < -0.3 is 0 Å². The monoisotopic (exact) mass is 272 g/mol. The molecule has 1 saturated heterocycles. The maximum atomic E-state index is 12.5. The first-order valence-corrected chi connectivity index (χ1v) is 7.70. The number of Topliss-reactive ketones (excluding diaryl/α,β-unsaturated/α-hetero) is 1. The highest BCUT2D eigenvalue weighted by Crippen LogP contribution is 2.27. The minimum Gasteiger partial charge on any atom is -0.298 e. The molecule has 0 amide bonds. The molecule has 1 aliphatic heterocycles. The summed E-state index contributed by atoms with van der Waals surface area (Å²) < 4.78 is 0. The zero-order valence-electron chi connectivity index (χ0n) is 12.6. The molecule has 0 spiro atoms. The number of ketones is 1. The van der Waals surface area contributed by atoms with Crippen LogP contribution < -0.4 is 0 Å². The summed E-state index contributed by atoms with van der Waals surface area (Å²) in [6.45, 7) is 8.97. The fourth-order valence-corrected chi connectivity index (χ4v) is 3.05. The lowest BCUT2D eigenvalue weighted by atomic mass is 10.0. The topological polar surface area (TPSA) is 23.6 Å². The molecule has 3 rings (SSSR count). The molecule has 0 N–H and O–H groups in total. The summed E-state index contributed by atoms with van der Waals surface area (Å²) in [5, 5.41) is 0. The molecule has 0 unspecified atom stereocenters. The van der Waals surface area contributed by atoms with Crippen molar-refractivity contribution in [2.45, 2.75) is 32.7 Å². The largest absolute Gasteiger partial charge is 0.298 e. The van der Waals surface area contributed by atoms with Crippen LogP contribution in [0.5, 0.6) is 0 Å². The molecule has 2 fully saturated rings. The normalized spacial score (nSPS) is 21.1. The summed E-state index contributed by atoms with van der Waals surface area (Å²) in [4.78, 5) is 17.3. The highest BCUT2D eigenvalue weighted by molar-refractivity contribution is 5.99. The van der Waals surface area contributed by atoms with Gasteiger partial charge in [0.1, 0.15) is 0 Å². The van der Waals surface area contributed by atoms with Gasteiger partial charge in [-0.25, -0.2) is 0 Å². The van der Waals surface area contributed by atoms with Crippen LogP contribution in [0.1, 0.15) is 34.3 Å². The number of aryl methyl sites for hydroxylation is 2. The Balaban J connectivity index is 1.57. The molecule has 1 saturated carbocycles. The number of rotatable bonds is 4. The molecule has 0 aromatic heterocycles. The summed E-state index contributed by atoms with van der Waals surface area (Å²) >= 11 is 0. The van der Waals surface area contributed by atoms with Gasteiger partial charge in [-0.15, -0.1) is 0 Å². The number of piperazine rings is 1. The molecule has 1 aromatic carbocycles. The van der Waals surface area contributed by atoms with E-state index in [4.69, 9.17) is 0 Å². The Labute approximate surface area is 121 Å². The van der Waals surface area contributed by atoms with Gasteiger partial charge in [-0.1, -0.05) is 17.7 Å². The standard InChI is InChI=1S/C17H24N2O/c1-13-3-4-14(2)16(11-13)17(20)12-18-7-9-19(10-8-18)15-5-6-15/h3-4,11,15H,5-10,12H2,1-2H3.